The Hall–Kier alpha value is -3.19. The summed E-state index contributed by atoms with van der Waals surface area (Å²) in [6, 6.07) is 11.6. The van der Waals surface area contributed by atoms with Crippen LogP contribution >= 0.6 is 0 Å². The number of benzene rings is 1. The number of nitrogens with one attached hydrogen (secondary N) is 1. The van der Waals surface area contributed by atoms with E-state index in [0.717, 1.165) is 42.2 Å². The van der Waals surface area contributed by atoms with Gasteiger partial charge in [-0.3, -0.25) is 4.90 Å². The first-order valence-corrected chi connectivity index (χ1v) is 8.58. The Labute approximate surface area is 150 Å². The van der Waals surface area contributed by atoms with Crippen LogP contribution < -0.4 is 0 Å². The fourth-order valence-electron chi connectivity index (χ4n) is 3.73. The molecule has 0 amide bonds. The van der Waals surface area contributed by atoms with Crippen molar-refractivity contribution in [2.75, 3.05) is 6.54 Å². The smallest absolute Gasteiger partial charge is 0.155 e. The van der Waals surface area contributed by atoms with Gasteiger partial charge in [0.25, 0.3) is 0 Å². The standard InChI is InChI=1S/C19H18N6O/c26-15-3-1-2-14(7-15)16-9-24(10-17-19(16)22-11-20-17)8-13-4-5-25-18(6-13)21-12-23-25/h1-7,11-12,16,26H,8-10H2,(H,20,22). The molecule has 3 aromatic heterocycles. The summed E-state index contributed by atoms with van der Waals surface area (Å²) < 4.78 is 1.77. The minimum atomic E-state index is 0.133. The molecular formula is C19H18N6O. The second-order valence-corrected chi connectivity index (χ2v) is 6.68. The van der Waals surface area contributed by atoms with Crippen molar-refractivity contribution in [2.24, 2.45) is 0 Å². The van der Waals surface area contributed by atoms with Gasteiger partial charge in [0.1, 0.15) is 12.1 Å². The summed E-state index contributed by atoms with van der Waals surface area (Å²) in [6.07, 6.45) is 5.26. The largest absolute Gasteiger partial charge is 0.508 e. The topological polar surface area (TPSA) is 82.3 Å². The second kappa shape index (κ2) is 5.96. The maximum Gasteiger partial charge on any atom is 0.155 e. The SMILES string of the molecule is Oc1cccc(C2CN(Cc3ccn4ncnc4c3)Cc3[nH]cnc32)c1. The van der Waals surface area contributed by atoms with Gasteiger partial charge in [0, 0.05) is 31.7 Å². The molecule has 0 saturated heterocycles. The van der Waals surface area contributed by atoms with Crippen LogP contribution in [0.25, 0.3) is 5.65 Å². The molecule has 1 aliphatic rings. The van der Waals surface area contributed by atoms with Crippen LogP contribution in [0, 0.1) is 0 Å². The van der Waals surface area contributed by atoms with Crippen molar-refractivity contribution in [1.82, 2.24) is 29.5 Å². The number of H-pyrrole nitrogens is 1. The lowest BCUT2D eigenvalue weighted by Gasteiger charge is -2.32. The van der Waals surface area contributed by atoms with Crippen LogP contribution in [0.3, 0.4) is 0 Å². The van der Waals surface area contributed by atoms with E-state index in [0.29, 0.717) is 0 Å². The maximum absolute atomic E-state index is 9.87. The molecule has 1 aliphatic heterocycles. The second-order valence-electron chi connectivity index (χ2n) is 6.68. The van der Waals surface area contributed by atoms with E-state index in [1.807, 2.05) is 18.3 Å². The van der Waals surface area contributed by atoms with Crippen molar-refractivity contribution < 1.29 is 5.11 Å². The normalized spacial score (nSPS) is 17.5. The number of nitrogens with zero attached hydrogens (tertiary/aromatic N) is 5. The number of pyridine rings is 1. The van der Waals surface area contributed by atoms with Gasteiger partial charge in [0.2, 0.25) is 0 Å². The molecule has 7 heteroatoms. The van der Waals surface area contributed by atoms with Crippen molar-refractivity contribution in [3.63, 3.8) is 0 Å². The Balaban J connectivity index is 1.45. The van der Waals surface area contributed by atoms with Crippen molar-refractivity contribution in [3.8, 4) is 5.75 Å². The van der Waals surface area contributed by atoms with E-state index in [1.165, 1.54) is 5.56 Å². The highest BCUT2D eigenvalue weighted by atomic mass is 16.3. The van der Waals surface area contributed by atoms with Crippen molar-refractivity contribution in [2.45, 2.75) is 19.0 Å². The summed E-state index contributed by atoms with van der Waals surface area (Å²) in [6.45, 7) is 2.48. The van der Waals surface area contributed by atoms with Crippen LogP contribution in [-0.2, 0) is 13.1 Å². The van der Waals surface area contributed by atoms with Crippen LogP contribution in [0.1, 0.15) is 28.4 Å². The van der Waals surface area contributed by atoms with Gasteiger partial charge in [-0.2, -0.15) is 5.10 Å². The summed E-state index contributed by atoms with van der Waals surface area (Å²) >= 11 is 0. The van der Waals surface area contributed by atoms with Gasteiger partial charge in [0.15, 0.2) is 5.65 Å². The number of imidazole rings is 1. The lowest BCUT2D eigenvalue weighted by atomic mass is 9.90. The number of rotatable bonds is 3. The molecule has 5 rings (SSSR count). The molecule has 0 fully saturated rings. The number of aromatic hydroxyl groups is 1. The molecule has 1 atom stereocenters. The Morgan fingerprint density at radius 2 is 2.15 bits per heavy atom. The lowest BCUT2D eigenvalue weighted by molar-refractivity contribution is 0.227. The molecule has 0 saturated carbocycles. The lowest BCUT2D eigenvalue weighted by Crippen LogP contribution is -2.33. The molecule has 2 N–H and O–H groups in total. The van der Waals surface area contributed by atoms with Gasteiger partial charge in [-0.1, -0.05) is 12.1 Å². The predicted molar refractivity (Wildman–Crippen MR) is 95.6 cm³/mol. The Bertz CT molecular complexity index is 1070. The number of aromatic amines is 1. The van der Waals surface area contributed by atoms with E-state index in [4.69, 9.17) is 0 Å². The van der Waals surface area contributed by atoms with Gasteiger partial charge < -0.3 is 10.1 Å². The molecule has 0 bridgehead atoms. The van der Waals surface area contributed by atoms with Gasteiger partial charge in [-0.15, -0.1) is 0 Å². The van der Waals surface area contributed by atoms with E-state index in [2.05, 4.69) is 43.1 Å². The molecule has 26 heavy (non-hydrogen) atoms. The van der Waals surface area contributed by atoms with Crippen LogP contribution in [-0.4, -0.2) is 41.1 Å². The van der Waals surface area contributed by atoms with Crippen LogP contribution in [0.5, 0.6) is 5.75 Å². The summed E-state index contributed by atoms with van der Waals surface area (Å²) in [5.74, 6) is 0.419. The molecular weight excluding hydrogens is 328 g/mol. The van der Waals surface area contributed by atoms with Crippen LogP contribution in [0.4, 0.5) is 0 Å². The van der Waals surface area contributed by atoms with E-state index >= 15 is 0 Å². The monoisotopic (exact) mass is 346 g/mol. The molecule has 130 valence electrons. The first-order valence-electron chi connectivity index (χ1n) is 8.58. The molecule has 4 heterocycles. The van der Waals surface area contributed by atoms with E-state index < -0.39 is 0 Å². The molecule has 0 radical (unpaired) electrons. The molecule has 4 aromatic rings. The zero-order valence-electron chi connectivity index (χ0n) is 14.1. The van der Waals surface area contributed by atoms with Gasteiger partial charge in [-0.05, 0) is 35.4 Å². The number of phenolic OH excluding ortho intramolecular Hbond substituents is 1. The van der Waals surface area contributed by atoms with Crippen molar-refractivity contribution >= 4 is 5.65 Å². The minimum absolute atomic E-state index is 0.133. The fraction of sp³-hybridized carbons (Fsp3) is 0.211. The summed E-state index contributed by atoms with van der Waals surface area (Å²) in [5, 5.41) is 14.0. The number of fused-ring (bicyclic) bond motifs is 2. The zero-order chi connectivity index (χ0) is 17.5. The Morgan fingerprint density at radius 1 is 1.19 bits per heavy atom. The average Bonchev–Trinajstić information content (AvgIpc) is 3.29. The summed E-state index contributed by atoms with van der Waals surface area (Å²) in [7, 11) is 0. The predicted octanol–water partition coefficient (Wildman–Crippen LogP) is 2.31. The third-order valence-corrected chi connectivity index (χ3v) is 4.93. The zero-order valence-corrected chi connectivity index (χ0v) is 14.1. The van der Waals surface area contributed by atoms with Crippen molar-refractivity contribution in [3.05, 3.63) is 77.8 Å². The van der Waals surface area contributed by atoms with Crippen molar-refractivity contribution in [1.29, 1.82) is 0 Å². The fourth-order valence-corrected chi connectivity index (χ4v) is 3.73. The first kappa shape index (κ1) is 15.1. The molecule has 7 nitrogen and oxygen atoms in total. The first-order chi connectivity index (χ1) is 12.8. The molecule has 0 spiro atoms. The van der Waals surface area contributed by atoms with Crippen LogP contribution in [0.2, 0.25) is 0 Å². The molecule has 1 unspecified atom stereocenters. The minimum Gasteiger partial charge on any atom is -0.508 e. The van der Waals surface area contributed by atoms with E-state index in [1.54, 1.807) is 23.2 Å². The number of hydrogen-bond acceptors (Lipinski definition) is 5. The summed E-state index contributed by atoms with van der Waals surface area (Å²) in [4.78, 5) is 14.5. The Morgan fingerprint density at radius 3 is 3.08 bits per heavy atom. The molecule has 1 aromatic carbocycles. The highest BCUT2D eigenvalue weighted by molar-refractivity contribution is 5.40. The number of phenols is 1. The van der Waals surface area contributed by atoms with E-state index in [9.17, 15) is 5.11 Å². The van der Waals surface area contributed by atoms with Gasteiger partial charge in [-0.25, -0.2) is 14.5 Å². The van der Waals surface area contributed by atoms with Gasteiger partial charge >= 0.3 is 0 Å². The number of hydrogen-bond donors (Lipinski definition) is 2. The third-order valence-electron chi connectivity index (χ3n) is 4.93. The van der Waals surface area contributed by atoms with Crippen LogP contribution in [0.15, 0.2) is 55.2 Å². The highest BCUT2D eigenvalue weighted by Crippen LogP contribution is 2.33. The Kier molecular flexibility index (Phi) is 3.46. The summed E-state index contributed by atoms with van der Waals surface area (Å²) in [5.41, 5.74) is 5.33. The quantitative estimate of drug-likeness (QED) is 0.595. The third kappa shape index (κ3) is 2.62. The highest BCUT2D eigenvalue weighted by Gasteiger charge is 2.29. The maximum atomic E-state index is 9.87. The number of aromatic nitrogens is 5. The van der Waals surface area contributed by atoms with Gasteiger partial charge in [0.05, 0.1) is 17.7 Å². The van der Waals surface area contributed by atoms with E-state index in [-0.39, 0.29) is 11.7 Å². The molecule has 0 aliphatic carbocycles. The average molecular weight is 346 g/mol.